The summed E-state index contributed by atoms with van der Waals surface area (Å²) in [4.78, 5) is 1.78. The van der Waals surface area contributed by atoms with Crippen LogP contribution < -0.4 is 0 Å². The zero-order valence-electron chi connectivity index (χ0n) is 9.99. The highest BCUT2D eigenvalue weighted by atomic mass is 19.1. The minimum Gasteiger partial charge on any atom is -0.389 e. The van der Waals surface area contributed by atoms with Gasteiger partial charge in [-0.2, -0.15) is 0 Å². The molecule has 3 nitrogen and oxygen atoms in total. The Bertz CT molecular complexity index is 340. The maximum atomic E-state index is 12.9. The molecule has 0 heterocycles. The SMILES string of the molecule is COCC(O)CN(C)Cc1cc(F)cc(F)c1. The van der Waals surface area contributed by atoms with Crippen LogP contribution in [0.4, 0.5) is 8.78 Å². The van der Waals surface area contributed by atoms with Crippen molar-refractivity contribution in [1.29, 1.82) is 0 Å². The standard InChI is InChI=1S/C12H17F2NO2/c1-15(7-12(16)8-17-2)6-9-3-10(13)5-11(14)4-9/h3-5,12,16H,6-8H2,1-2H3. The zero-order valence-corrected chi connectivity index (χ0v) is 9.99. The third kappa shape index (κ3) is 5.21. The number of aliphatic hydroxyl groups is 1. The van der Waals surface area contributed by atoms with E-state index in [4.69, 9.17) is 4.74 Å². The molecular weight excluding hydrogens is 228 g/mol. The van der Waals surface area contributed by atoms with E-state index in [0.717, 1.165) is 6.07 Å². The van der Waals surface area contributed by atoms with Crippen molar-refractivity contribution in [3.8, 4) is 0 Å². The molecule has 1 rings (SSSR count). The topological polar surface area (TPSA) is 32.7 Å². The average molecular weight is 245 g/mol. The molecule has 0 bridgehead atoms. The van der Waals surface area contributed by atoms with E-state index < -0.39 is 17.7 Å². The van der Waals surface area contributed by atoms with E-state index in [1.54, 1.807) is 11.9 Å². The summed E-state index contributed by atoms with van der Waals surface area (Å²) in [6.45, 7) is 0.989. The van der Waals surface area contributed by atoms with Crippen molar-refractivity contribution in [2.75, 3.05) is 27.3 Å². The van der Waals surface area contributed by atoms with Crippen LogP contribution in [0.1, 0.15) is 5.56 Å². The summed E-state index contributed by atoms with van der Waals surface area (Å²) in [7, 11) is 3.27. The number of hydrogen-bond acceptors (Lipinski definition) is 3. The lowest BCUT2D eigenvalue weighted by atomic mass is 10.2. The van der Waals surface area contributed by atoms with Gasteiger partial charge in [0.2, 0.25) is 0 Å². The third-order valence-electron chi connectivity index (χ3n) is 2.26. The summed E-state index contributed by atoms with van der Waals surface area (Å²) in [5.74, 6) is -1.18. The quantitative estimate of drug-likeness (QED) is 0.822. The van der Waals surface area contributed by atoms with Gasteiger partial charge in [0.05, 0.1) is 12.7 Å². The summed E-state index contributed by atoms with van der Waals surface area (Å²) in [5, 5.41) is 9.49. The Hall–Kier alpha value is -1.04. The van der Waals surface area contributed by atoms with Crippen LogP contribution >= 0.6 is 0 Å². The van der Waals surface area contributed by atoms with E-state index in [1.165, 1.54) is 19.2 Å². The molecule has 17 heavy (non-hydrogen) atoms. The van der Waals surface area contributed by atoms with E-state index in [1.807, 2.05) is 0 Å². The van der Waals surface area contributed by atoms with Gasteiger partial charge in [-0.1, -0.05) is 0 Å². The number of nitrogens with zero attached hydrogens (tertiary/aromatic N) is 1. The van der Waals surface area contributed by atoms with Crippen LogP contribution in [0.15, 0.2) is 18.2 Å². The fourth-order valence-corrected chi connectivity index (χ4v) is 1.68. The molecule has 1 aromatic rings. The summed E-state index contributed by atoms with van der Waals surface area (Å²) >= 11 is 0. The maximum Gasteiger partial charge on any atom is 0.126 e. The molecule has 0 aliphatic heterocycles. The fourth-order valence-electron chi connectivity index (χ4n) is 1.68. The normalized spacial score (nSPS) is 13.1. The largest absolute Gasteiger partial charge is 0.389 e. The van der Waals surface area contributed by atoms with Crippen LogP contribution in [-0.4, -0.2) is 43.4 Å². The highest BCUT2D eigenvalue weighted by Gasteiger charge is 2.09. The van der Waals surface area contributed by atoms with Crippen LogP contribution in [0.3, 0.4) is 0 Å². The van der Waals surface area contributed by atoms with Gasteiger partial charge in [-0.25, -0.2) is 8.78 Å². The van der Waals surface area contributed by atoms with Crippen molar-refractivity contribution in [2.24, 2.45) is 0 Å². The van der Waals surface area contributed by atoms with Crippen LogP contribution in [0.25, 0.3) is 0 Å². The first-order valence-corrected chi connectivity index (χ1v) is 5.31. The van der Waals surface area contributed by atoms with Crippen molar-refractivity contribution in [3.63, 3.8) is 0 Å². The van der Waals surface area contributed by atoms with Crippen LogP contribution in [0, 0.1) is 11.6 Å². The number of ether oxygens (including phenoxy) is 1. The Balaban J connectivity index is 2.52. The molecule has 1 atom stereocenters. The molecular formula is C12H17F2NO2. The van der Waals surface area contributed by atoms with E-state index in [2.05, 4.69) is 0 Å². The predicted molar refractivity (Wildman–Crippen MR) is 60.6 cm³/mol. The Morgan fingerprint density at radius 3 is 2.41 bits per heavy atom. The van der Waals surface area contributed by atoms with Gasteiger partial charge >= 0.3 is 0 Å². The minimum absolute atomic E-state index is 0.238. The average Bonchev–Trinajstić information content (AvgIpc) is 2.14. The lowest BCUT2D eigenvalue weighted by Gasteiger charge is -2.20. The number of halogens is 2. The van der Waals surface area contributed by atoms with Gasteiger partial charge in [0, 0.05) is 26.3 Å². The minimum atomic E-state index is -0.608. The van der Waals surface area contributed by atoms with Crippen molar-refractivity contribution in [2.45, 2.75) is 12.6 Å². The first-order chi connectivity index (χ1) is 8.01. The van der Waals surface area contributed by atoms with E-state index >= 15 is 0 Å². The second-order valence-corrected chi connectivity index (χ2v) is 4.08. The number of rotatable bonds is 6. The van der Waals surface area contributed by atoms with Crippen molar-refractivity contribution < 1.29 is 18.6 Å². The molecule has 0 aliphatic carbocycles. The lowest BCUT2D eigenvalue weighted by Crippen LogP contribution is -2.31. The van der Waals surface area contributed by atoms with Gasteiger partial charge in [0.1, 0.15) is 11.6 Å². The summed E-state index contributed by atoms with van der Waals surface area (Å²) in [5.41, 5.74) is 0.537. The molecule has 0 aromatic heterocycles. The molecule has 0 amide bonds. The Labute approximate surface area is 99.6 Å². The molecule has 1 unspecified atom stereocenters. The van der Waals surface area contributed by atoms with E-state index in [9.17, 15) is 13.9 Å². The molecule has 0 fully saturated rings. The predicted octanol–water partition coefficient (Wildman–Crippen LogP) is 1.40. The van der Waals surface area contributed by atoms with E-state index in [-0.39, 0.29) is 6.61 Å². The second kappa shape index (κ2) is 6.64. The number of benzene rings is 1. The van der Waals surface area contributed by atoms with Crippen molar-refractivity contribution in [1.82, 2.24) is 4.90 Å². The van der Waals surface area contributed by atoms with Gasteiger partial charge < -0.3 is 9.84 Å². The van der Waals surface area contributed by atoms with Gasteiger partial charge in [0.25, 0.3) is 0 Å². The Morgan fingerprint density at radius 1 is 1.29 bits per heavy atom. The van der Waals surface area contributed by atoms with Gasteiger partial charge in [-0.3, -0.25) is 4.90 Å². The molecule has 96 valence electrons. The van der Waals surface area contributed by atoms with E-state index in [0.29, 0.717) is 18.7 Å². The molecule has 1 N–H and O–H groups in total. The monoisotopic (exact) mass is 245 g/mol. The summed E-state index contributed by atoms with van der Waals surface area (Å²) in [6, 6.07) is 3.40. The highest BCUT2D eigenvalue weighted by Crippen LogP contribution is 2.10. The highest BCUT2D eigenvalue weighted by molar-refractivity contribution is 5.17. The molecule has 0 radical (unpaired) electrons. The van der Waals surface area contributed by atoms with Gasteiger partial charge in [0.15, 0.2) is 0 Å². The third-order valence-corrected chi connectivity index (χ3v) is 2.26. The Morgan fingerprint density at radius 2 is 1.88 bits per heavy atom. The van der Waals surface area contributed by atoms with Crippen LogP contribution in [0.2, 0.25) is 0 Å². The Kier molecular flexibility index (Phi) is 5.47. The van der Waals surface area contributed by atoms with Crippen LogP contribution in [0.5, 0.6) is 0 Å². The number of methoxy groups -OCH3 is 1. The fraction of sp³-hybridized carbons (Fsp3) is 0.500. The first kappa shape index (κ1) is 14.0. The molecule has 1 aromatic carbocycles. The van der Waals surface area contributed by atoms with Crippen molar-refractivity contribution >= 4 is 0 Å². The molecule has 0 spiro atoms. The molecule has 0 saturated carbocycles. The summed E-state index contributed by atoms with van der Waals surface area (Å²) in [6.07, 6.45) is -0.608. The molecule has 0 aliphatic rings. The molecule has 0 saturated heterocycles. The smallest absolute Gasteiger partial charge is 0.126 e. The maximum absolute atomic E-state index is 12.9. The lowest BCUT2D eigenvalue weighted by molar-refractivity contribution is 0.0418. The van der Waals surface area contributed by atoms with Crippen LogP contribution in [-0.2, 0) is 11.3 Å². The zero-order chi connectivity index (χ0) is 12.8. The number of hydrogen-bond donors (Lipinski definition) is 1. The summed E-state index contributed by atoms with van der Waals surface area (Å²) < 4.78 is 30.7. The van der Waals surface area contributed by atoms with Crippen molar-refractivity contribution in [3.05, 3.63) is 35.4 Å². The van der Waals surface area contributed by atoms with Gasteiger partial charge in [-0.15, -0.1) is 0 Å². The second-order valence-electron chi connectivity index (χ2n) is 4.08. The molecule has 5 heteroatoms. The first-order valence-electron chi connectivity index (χ1n) is 5.31. The van der Waals surface area contributed by atoms with Gasteiger partial charge in [-0.05, 0) is 24.7 Å². The number of likely N-dealkylation sites (N-methyl/N-ethyl adjacent to an activating group) is 1. The number of aliphatic hydroxyl groups excluding tert-OH is 1.